The Bertz CT molecular complexity index is 479. The number of aliphatic hydroxyl groups is 1. The molecule has 6 nitrogen and oxygen atoms in total. The van der Waals surface area contributed by atoms with E-state index in [2.05, 4.69) is 4.98 Å². The summed E-state index contributed by atoms with van der Waals surface area (Å²) in [6.45, 7) is 1.72. The Balaban J connectivity index is 2.41. The van der Waals surface area contributed by atoms with Crippen molar-refractivity contribution in [3.63, 3.8) is 0 Å². The lowest BCUT2D eigenvalue weighted by atomic mass is 9.90. The molecule has 0 saturated heterocycles. The molecule has 0 saturated carbocycles. The fraction of sp³-hybridized carbons (Fsp3) is 0.562. The molecule has 0 fully saturated rings. The summed E-state index contributed by atoms with van der Waals surface area (Å²) in [7, 11) is 0. The van der Waals surface area contributed by atoms with Crippen LogP contribution in [-0.2, 0) is 16.0 Å². The van der Waals surface area contributed by atoms with E-state index >= 15 is 0 Å². The zero-order valence-corrected chi connectivity index (χ0v) is 12.9. The van der Waals surface area contributed by atoms with Crippen molar-refractivity contribution in [2.75, 3.05) is 0 Å². The van der Waals surface area contributed by atoms with Crippen LogP contribution in [0.4, 0.5) is 0 Å². The van der Waals surface area contributed by atoms with Crippen molar-refractivity contribution >= 4 is 11.8 Å². The number of carbonyl (C=O) groups is 2. The quantitative estimate of drug-likeness (QED) is 0.591. The van der Waals surface area contributed by atoms with Crippen LogP contribution >= 0.6 is 0 Å². The average Bonchev–Trinajstić information content (AvgIpc) is 2.49. The van der Waals surface area contributed by atoms with E-state index in [1.807, 2.05) is 18.2 Å². The van der Waals surface area contributed by atoms with Crippen molar-refractivity contribution in [1.82, 2.24) is 4.98 Å². The molecule has 0 aliphatic rings. The van der Waals surface area contributed by atoms with Gasteiger partial charge in [0.05, 0.1) is 6.10 Å². The number of nitrogens with zero attached hydrogens (tertiary/aromatic N) is 1. The molecule has 0 spiro atoms. The molecule has 0 radical (unpaired) electrons. The summed E-state index contributed by atoms with van der Waals surface area (Å²) in [5, 5.41) is 10.1. The lowest BCUT2D eigenvalue weighted by Gasteiger charge is -2.18. The first-order valence-electron chi connectivity index (χ1n) is 7.56. The van der Waals surface area contributed by atoms with Gasteiger partial charge in [-0.3, -0.25) is 14.6 Å². The molecule has 0 bridgehead atoms. The van der Waals surface area contributed by atoms with Crippen LogP contribution < -0.4 is 11.5 Å². The van der Waals surface area contributed by atoms with Gasteiger partial charge in [0.1, 0.15) is 0 Å². The Morgan fingerprint density at radius 2 is 1.91 bits per heavy atom. The standard InChI is InChI=1S/C16H25N3O3/c1-11(15(17)21)5-6-12(16(18)22)10-14(20)8-7-13-4-2-3-9-19-13/h2-4,9,11-12,14,20H,5-8,10H2,1H3,(H2,17,21)(H2,18,22). The highest BCUT2D eigenvalue weighted by molar-refractivity contribution is 5.77. The molecule has 1 aromatic heterocycles. The minimum absolute atomic E-state index is 0.299. The Kier molecular flexibility index (Phi) is 7.52. The summed E-state index contributed by atoms with van der Waals surface area (Å²) in [4.78, 5) is 26.7. The molecule has 0 aromatic carbocycles. The number of nitrogens with two attached hydrogens (primary N) is 2. The molecule has 0 aliphatic carbocycles. The highest BCUT2D eigenvalue weighted by Crippen LogP contribution is 2.19. The molecular formula is C16H25N3O3. The van der Waals surface area contributed by atoms with Crippen LogP contribution in [0.2, 0.25) is 0 Å². The molecule has 2 amide bonds. The van der Waals surface area contributed by atoms with Crippen LogP contribution in [-0.4, -0.2) is 28.0 Å². The lowest BCUT2D eigenvalue weighted by Crippen LogP contribution is -2.29. The molecule has 5 N–H and O–H groups in total. The number of carbonyl (C=O) groups excluding carboxylic acids is 2. The minimum atomic E-state index is -0.622. The van der Waals surface area contributed by atoms with Crippen molar-refractivity contribution < 1.29 is 14.7 Å². The summed E-state index contributed by atoms with van der Waals surface area (Å²) in [6.07, 6.45) is 3.50. The second-order valence-electron chi connectivity index (χ2n) is 5.73. The number of amides is 2. The maximum atomic E-state index is 11.5. The molecular weight excluding hydrogens is 282 g/mol. The van der Waals surface area contributed by atoms with Gasteiger partial charge in [-0.25, -0.2) is 0 Å². The highest BCUT2D eigenvalue weighted by Gasteiger charge is 2.21. The van der Waals surface area contributed by atoms with Gasteiger partial charge < -0.3 is 16.6 Å². The number of primary amides is 2. The van der Waals surface area contributed by atoms with Crippen molar-refractivity contribution in [2.24, 2.45) is 23.3 Å². The van der Waals surface area contributed by atoms with E-state index < -0.39 is 17.9 Å². The van der Waals surface area contributed by atoms with Crippen molar-refractivity contribution in [3.8, 4) is 0 Å². The van der Waals surface area contributed by atoms with Gasteiger partial charge in [-0.1, -0.05) is 13.0 Å². The molecule has 1 rings (SSSR count). The van der Waals surface area contributed by atoms with Gasteiger partial charge in [0.2, 0.25) is 11.8 Å². The molecule has 1 heterocycles. The van der Waals surface area contributed by atoms with E-state index in [0.29, 0.717) is 32.1 Å². The monoisotopic (exact) mass is 307 g/mol. The predicted molar refractivity (Wildman–Crippen MR) is 83.5 cm³/mol. The Morgan fingerprint density at radius 1 is 1.18 bits per heavy atom. The molecule has 22 heavy (non-hydrogen) atoms. The zero-order chi connectivity index (χ0) is 16.5. The third kappa shape index (κ3) is 6.67. The van der Waals surface area contributed by atoms with E-state index in [1.54, 1.807) is 13.1 Å². The highest BCUT2D eigenvalue weighted by atomic mass is 16.3. The molecule has 1 aromatic rings. The van der Waals surface area contributed by atoms with Gasteiger partial charge in [0.25, 0.3) is 0 Å². The van der Waals surface area contributed by atoms with Crippen LogP contribution in [0.3, 0.4) is 0 Å². The summed E-state index contributed by atoms with van der Waals surface area (Å²) >= 11 is 0. The van der Waals surface area contributed by atoms with Gasteiger partial charge in [0.15, 0.2) is 0 Å². The molecule has 122 valence electrons. The summed E-state index contributed by atoms with van der Waals surface area (Å²) in [5.74, 6) is -1.58. The van der Waals surface area contributed by atoms with Crippen LogP contribution in [0.5, 0.6) is 0 Å². The van der Waals surface area contributed by atoms with Gasteiger partial charge in [-0.05, 0) is 44.2 Å². The van der Waals surface area contributed by atoms with Crippen LogP contribution in [0.15, 0.2) is 24.4 Å². The minimum Gasteiger partial charge on any atom is -0.393 e. The summed E-state index contributed by atoms with van der Waals surface area (Å²) in [6, 6.07) is 5.63. The van der Waals surface area contributed by atoms with Crippen molar-refractivity contribution in [1.29, 1.82) is 0 Å². The maximum Gasteiger partial charge on any atom is 0.220 e. The van der Waals surface area contributed by atoms with Gasteiger partial charge >= 0.3 is 0 Å². The zero-order valence-electron chi connectivity index (χ0n) is 12.9. The number of rotatable bonds is 10. The third-order valence-electron chi connectivity index (χ3n) is 3.85. The number of pyridine rings is 1. The van der Waals surface area contributed by atoms with E-state index in [1.165, 1.54) is 0 Å². The topological polar surface area (TPSA) is 119 Å². The first-order valence-corrected chi connectivity index (χ1v) is 7.56. The van der Waals surface area contributed by atoms with E-state index in [-0.39, 0.29) is 11.8 Å². The smallest absolute Gasteiger partial charge is 0.220 e. The van der Waals surface area contributed by atoms with E-state index in [0.717, 1.165) is 5.69 Å². The third-order valence-corrected chi connectivity index (χ3v) is 3.85. The largest absolute Gasteiger partial charge is 0.393 e. The first kappa shape index (κ1) is 18.1. The Hall–Kier alpha value is -1.95. The molecule has 6 heteroatoms. The fourth-order valence-corrected chi connectivity index (χ4v) is 2.28. The van der Waals surface area contributed by atoms with Crippen LogP contribution in [0.25, 0.3) is 0 Å². The normalized spacial score (nSPS) is 15.0. The molecule has 3 unspecified atom stereocenters. The number of hydrogen-bond acceptors (Lipinski definition) is 4. The van der Waals surface area contributed by atoms with Crippen LogP contribution in [0, 0.1) is 11.8 Å². The Labute approximate surface area is 130 Å². The van der Waals surface area contributed by atoms with Gasteiger partial charge in [0, 0.05) is 23.7 Å². The first-order chi connectivity index (χ1) is 10.4. The maximum absolute atomic E-state index is 11.5. The van der Waals surface area contributed by atoms with Crippen molar-refractivity contribution in [2.45, 2.75) is 45.1 Å². The summed E-state index contributed by atoms with van der Waals surface area (Å²) in [5.41, 5.74) is 11.5. The second-order valence-corrected chi connectivity index (χ2v) is 5.73. The number of aromatic nitrogens is 1. The predicted octanol–water partition coefficient (Wildman–Crippen LogP) is 0.768. The Morgan fingerprint density at radius 3 is 2.45 bits per heavy atom. The van der Waals surface area contributed by atoms with Crippen molar-refractivity contribution in [3.05, 3.63) is 30.1 Å². The van der Waals surface area contributed by atoms with Crippen LogP contribution in [0.1, 0.15) is 38.3 Å². The average molecular weight is 307 g/mol. The molecule has 3 atom stereocenters. The van der Waals surface area contributed by atoms with Gasteiger partial charge in [-0.2, -0.15) is 0 Å². The summed E-state index contributed by atoms with van der Waals surface area (Å²) < 4.78 is 0. The number of aliphatic hydroxyl groups excluding tert-OH is 1. The fourth-order valence-electron chi connectivity index (χ4n) is 2.28. The second kappa shape index (κ2) is 9.15. The van der Waals surface area contributed by atoms with Gasteiger partial charge in [-0.15, -0.1) is 0 Å². The van der Waals surface area contributed by atoms with E-state index in [9.17, 15) is 14.7 Å². The van der Waals surface area contributed by atoms with E-state index in [4.69, 9.17) is 11.5 Å². The SMILES string of the molecule is CC(CCC(CC(O)CCc1ccccn1)C(N)=O)C(N)=O. The number of aryl methyl sites for hydroxylation is 1. The number of hydrogen-bond donors (Lipinski definition) is 3. The lowest BCUT2D eigenvalue weighted by molar-refractivity contribution is -0.125. The molecule has 0 aliphatic heterocycles.